The molecule has 2 N–H and O–H groups in total. The fourth-order valence-electron chi connectivity index (χ4n) is 1.58. The number of nitrogens with zero attached hydrogens (tertiary/aromatic N) is 1. The van der Waals surface area contributed by atoms with Gasteiger partial charge in [-0.1, -0.05) is 0 Å². The van der Waals surface area contributed by atoms with E-state index in [4.69, 9.17) is 10.5 Å². The number of hydrogen-bond acceptors (Lipinski definition) is 3. The van der Waals surface area contributed by atoms with Crippen LogP contribution in [-0.4, -0.2) is 35.7 Å². The molecule has 0 aromatic rings. The van der Waals surface area contributed by atoms with E-state index in [9.17, 15) is 4.79 Å². The van der Waals surface area contributed by atoms with Crippen LogP contribution in [0.5, 0.6) is 0 Å². The summed E-state index contributed by atoms with van der Waals surface area (Å²) in [6.45, 7) is 7.62. The minimum absolute atomic E-state index is 0.162. The van der Waals surface area contributed by atoms with Gasteiger partial charge in [0.2, 0.25) is 0 Å². The van der Waals surface area contributed by atoms with Crippen molar-refractivity contribution in [3.8, 4) is 0 Å². The fraction of sp³-hybridized carbons (Fsp3) is 0.909. The molecule has 4 heteroatoms. The Morgan fingerprint density at radius 2 is 2.00 bits per heavy atom. The van der Waals surface area contributed by atoms with Crippen LogP contribution in [0.3, 0.4) is 0 Å². The molecule has 3 atom stereocenters. The van der Waals surface area contributed by atoms with Gasteiger partial charge in [-0.2, -0.15) is 0 Å². The molecule has 1 aliphatic carbocycles. The SMILES string of the molecule is CC(C1CC1N)N(C)C(=O)OC(C)(C)C. The van der Waals surface area contributed by atoms with Gasteiger partial charge in [-0.15, -0.1) is 0 Å². The molecule has 3 unspecified atom stereocenters. The topological polar surface area (TPSA) is 55.6 Å². The van der Waals surface area contributed by atoms with Gasteiger partial charge in [-0.3, -0.25) is 0 Å². The van der Waals surface area contributed by atoms with Gasteiger partial charge in [0.05, 0.1) is 0 Å². The molecule has 1 saturated carbocycles. The second-order valence-corrected chi connectivity index (χ2v) is 5.40. The first-order valence-electron chi connectivity index (χ1n) is 5.44. The van der Waals surface area contributed by atoms with Gasteiger partial charge in [0.25, 0.3) is 0 Å². The smallest absolute Gasteiger partial charge is 0.410 e. The number of ether oxygens (including phenoxy) is 1. The van der Waals surface area contributed by atoms with Crippen LogP contribution in [0.4, 0.5) is 4.79 Å². The highest BCUT2D eigenvalue weighted by Crippen LogP contribution is 2.33. The highest BCUT2D eigenvalue weighted by molar-refractivity contribution is 5.68. The third-order valence-corrected chi connectivity index (χ3v) is 2.80. The normalized spacial score (nSPS) is 27.1. The van der Waals surface area contributed by atoms with Crippen LogP contribution in [0.1, 0.15) is 34.1 Å². The molecule has 1 rings (SSSR count). The standard InChI is InChI=1S/C11H22N2O2/c1-7(8-6-9(8)12)13(5)10(14)15-11(2,3)4/h7-9H,6,12H2,1-5H3. The number of nitrogens with two attached hydrogens (primary N) is 1. The van der Waals surface area contributed by atoms with Crippen molar-refractivity contribution in [1.29, 1.82) is 0 Å². The monoisotopic (exact) mass is 214 g/mol. The minimum atomic E-state index is -0.434. The first-order chi connectivity index (χ1) is 6.72. The lowest BCUT2D eigenvalue weighted by atomic mass is 10.2. The van der Waals surface area contributed by atoms with Gasteiger partial charge < -0.3 is 15.4 Å². The van der Waals surface area contributed by atoms with Gasteiger partial charge in [0, 0.05) is 19.1 Å². The van der Waals surface area contributed by atoms with Gasteiger partial charge in [-0.05, 0) is 40.0 Å². The summed E-state index contributed by atoms with van der Waals surface area (Å²) in [4.78, 5) is 13.3. The Morgan fingerprint density at radius 1 is 1.53 bits per heavy atom. The number of hydrogen-bond donors (Lipinski definition) is 1. The average Bonchev–Trinajstić information content (AvgIpc) is 2.77. The predicted octanol–water partition coefficient (Wildman–Crippen LogP) is 1.59. The van der Waals surface area contributed by atoms with E-state index < -0.39 is 5.60 Å². The van der Waals surface area contributed by atoms with Crippen molar-refractivity contribution in [3.05, 3.63) is 0 Å². The first-order valence-corrected chi connectivity index (χ1v) is 5.44. The van der Waals surface area contributed by atoms with Gasteiger partial charge >= 0.3 is 6.09 Å². The molecule has 0 aromatic heterocycles. The second kappa shape index (κ2) is 4.00. The van der Waals surface area contributed by atoms with E-state index in [2.05, 4.69) is 0 Å². The van der Waals surface area contributed by atoms with E-state index in [1.54, 1.807) is 11.9 Å². The summed E-state index contributed by atoms with van der Waals surface area (Å²) in [5, 5.41) is 0. The van der Waals surface area contributed by atoms with Crippen LogP contribution < -0.4 is 5.73 Å². The van der Waals surface area contributed by atoms with Gasteiger partial charge in [-0.25, -0.2) is 4.79 Å². The lowest BCUT2D eigenvalue weighted by Crippen LogP contribution is -2.41. The molecular weight excluding hydrogens is 192 g/mol. The third-order valence-electron chi connectivity index (χ3n) is 2.80. The molecule has 0 spiro atoms. The zero-order valence-electron chi connectivity index (χ0n) is 10.3. The maximum atomic E-state index is 11.7. The fourth-order valence-corrected chi connectivity index (χ4v) is 1.58. The highest BCUT2D eigenvalue weighted by Gasteiger charge is 2.41. The van der Waals surface area contributed by atoms with E-state index in [0.29, 0.717) is 5.92 Å². The molecule has 88 valence electrons. The minimum Gasteiger partial charge on any atom is -0.444 e. The number of amides is 1. The molecule has 0 saturated heterocycles. The lowest BCUT2D eigenvalue weighted by molar-refractivity contribution is 0.0217. The predicted molar refractivity (Wildman–Crippen MR) is 59.5 cm³/mol. The molecule has 0 aromatic carbocycles. The maximum Gasteiger partial charge on any atom is 0.410 e. The molecule has 0 aliphatic heterocycles. The van der Waals surface area contributed by atoms with E-state index in [1.807, 2.05) is 27.7 Å². The molecule has 4 nitrogen and oxygen atoms in total. The van der Waals surface area contributed by atoms with Crippen molar-refractivity contribution in [3.63, 3.8) is 0 Å². The number of carbonyl (C=O) groups is 1. The highest BCUT2D eigenvalue weighted by atomic mass is 16.6. The van der Waals surface area contributed by atoms with E-state index in [1.165, 1.54) is 0 Å². The summed E-state index contributed by atoms with van der Waals surface area (Å²) in [6.07, 6.45) is 0.739. The Labute approximate surface area is 91.8 Å². The maximum absolute atomic E-state index is 11.7. The quantitative estimate of drug-likeness (QED) is 0.759. The summed E-state index contributed by atoms with van der Waals surface area (Å²) in [7, 11) is 1.77. The largest absolute Gasteiger partial charge is 0.444 e. The summed E-state index contributed by atoms with van der Waals surface area (Å²) in [5.41, 5.74) is 5.32. The lowest BCUT2D eigenvalue weighted by Gasteiger charge is -2.28. The molecule has 1 fully saturated rings. The summed E-state index contributed by atoms with van der Waals surface area (Å²) >= 11 is 0. The molecule has 1 aliphatic rings. The van der Waals surface area contributed by atoms with Crippen LogP contribution in [0, 0.1) is 5.92 Å². The first kappa shape index (κ1) is 12.3. The number of carbonyl (C=O) groups excluding carboxylic acids is 1. The third kappa shape index (κ3) is 3.38. The van der Waals surface area contributed by atoms with Crippen molar-refractivity contribution < 1.29 is 9.53 Å². The molecule has 15 heavy (non-hydrogen) atoms. The Balaban J connectivity index is 2.45. The molecule has 0 bridgehead atoms. The Hall–Kier alpha value is -0.770. The average molecular weight is 214 g/mol. The van der Waals surface area contributed by atoms with Crippen LogP contribution in [0.2, 0.25) is 0 Å². The summed E-state index contributed by atoms with van der Waals surface area (Å²) < 4.78 is 5.28. The van der Waals surface area contributed by atoms with Crippen molar-refractivity contribution in [2.24, 2.45) is 11.7 Å². The van der Waals surface area contributed by atoms with Crippen molar-refractivity contribution in [1.82, 2.24) is 4.90 Å². The number of rotatable bonds is 2. The zero-order chi connectivity index (χ0) is 11.8. The van der Waals surface area contributed by atoms with Crippen LogP contribution in [0.15, 0.2) is 0 Å². The van der Waals surface area contributed by atoms with E-state index >= 15 is 0 Å². The Morgan fingerprint density at radius 3 is 2.33 bits per heavy atom. The summed E-state index contributed by atoms with van der Waals surface area (Å²) in [6, 6.07) is 0.416. The van der Waals surface area contributed by atoms with Crippen LogP contribution in [0.25, 0.3) is 0 Å². The van der Waals surface area contributed by atoms with Crippen LogP contribution >= 0.6 is 0 Å². The Kier molecular flexibility index (Phi) is 3.28. The van der Waals surface area contributed by atoms with E-state index in [-0.39, 0.29) is 18.2 Å². The molecular formula is C11H22N2O2. The van der Waals surface area contributed by atoms with Gasteiger partial charge in [0.1, 0.15) is 5.60 Å². The van der Waals surface area contributed by atoms with E-state index in [0.717, 1.165) is 6.42 Å². The molecule has 0 heterocycles. The summed E-state index contributed by atoms with van der Waals surface area (Å²) in [5.74, 6) is 0.433. The molecule has 0 radical (unpaired) electrons. The molecule has 1 amide bonds. The van der Waals surface area contributed by atoms with Crippen molar-refractivity contribution in [2.75, 3.05) is 7.05 Å². The van der Waals surface area contributed by atoms with Crippen molar-refractivity contribution >= 4 is 6.09 Å². The van der Waals surface area contributed by atoms with Crippen LogP contribution in [-0.2, 0) is 4.74 Å². The Bertz CT molecular complexity index is 247. The second-order valence-electron chi connectivity index (χ2n) is 5.40. The van der Waals surface area contributed by atoms with Crippen molar-refractivity contribution in [2.45, 2.75) is 51.8 Å². The zero-order valence-corrected chi connectivity index (χ0v) is 10.3. The van der Waals surface area contributed by atoms with Gasteiger partial charge in [0.15, 0.2) is 0 Å².